The molecule has 5 nitrogen and oxygen atoms in total. The van der Waals surface area contributed by atoms with Gasteiger partial charge in [-0.2, -0.15) is 0 Å². The minimum absolute atomic E-state index is 0.0964. The smallest absolute Gasteiger partial charge is 0.293 e. The van der Waals surface area contributed by atoms with E-state index in [1.165, 1.54) is 0 Å². The van der Waals surface area contributed by atoms with Gasteiger partial charge in [0.2, 0.25) is 0 Å². The number of ketones is 1. The van der Waals surface area contributed by atoms with Gasteiger partial charge in [-0.1, -0.05) is 13.8 Å². The van der Waals surface area contributed by atoms with Gasteiger partial charge in [0.1, 0.15) is 0 Å². The molecule has 2 heterocycles. The molecule has 1 fully saturated rings. The molecule has 1 aromatic heterocycles. The summed E-state index contributed by atoms with van der Waals surface area (Å²) >= 11 is 0. The molecule has 0 aliphatic carbocycles. The van der Waals surface area contributed by atoms with E-state index in [1.807, 2.05) is 0 Å². The second-order valence-electron chi connectivity index (χ2n) is 5.17. The highest BCUT2D eigenvalue weighted by Gasteiger charge is 2.21. The Kier molecular flexibility index (Phi) is 3.79. The van der Waals surface area contributed by atoms with Crippen LogP contribution >= 0.6 is 0 Å². The van der Waals surface area contributed by atoms with Gasteiger partial charge < -0.3 is 9.47 Å². The maximum atomic E-state index is 12.3. The Bertz CT molecular complexity index is 493. The molecule has 1 aliphatic rings. The summed E-state index contributed by atoms with van der Waals surface area (Å²) in [6, 6.07) is 0. The van der Waals surface area contributed by atoms with Crippen LogP contribution < -0.4 is 10.5 Å². The van der Waals surface area contributed by atoms with Crippen molar-refractivity contribution in [3.05, 3.63) is 22.7 Å². The van der Waals surface area contributed by atoms with E-state index < -0.39 is 0 Å². The van der Waals surface area contributed by atoms with E-state index in [2.05, 4.69) is 18.8 Å². The summed E-state index contributed by atoms with van der Waals surface area (Å²) in [5.41, 5.74) is -0.0964. The number of aromatic nitrogens is 2. The molecule has 0 bridgehead atoms. The van der Waals surface area contributed by atoms with Gasteiger partial charge in [0.15, 0.2) is 11.6 Å². The SMILES string of the molecule is CC(C)Cn1ccnc(N2CCCC(=O)C2)c1=O. The quantitative estimate of drug-likeness (QED) is 0.804. The number of Topliss-reactive ketones (excluding diaryl/α,β-unsaturated/α-hetero) is 1. The van der Waals surface area contributed by atoms with Crippen molar-refractivity contribution >= 4 is 11.6 Å². The van der Waals surface area contributed by atoms with Gasteiger partial charge in [-0.25, -0.2) is 4.98 Å². The van der Waals surface area contributed by atoms with Crippen molar-refractivity contribution in [2.45, 2.75) is 33.2 Å². The molecule has 0 aromatic carbocycles. The molecular formula is C13H19N3O2. The van der Waals surface area contributed by atoms with Crippen LogP contribution in [-0.2, 0) is 11.3 Å². The summed E-state index contributed by atoms with van der Waals surface area (Å²) in [5, 5.41) is 0. The fourth-order valence-corrected chi connectivity index (χ4v) is 2.21. The molecule has 98 valence electrons. The Labute approximate surface area is 106 Å². The van der Waals surface area contributed by atoms with Crippen molar-refractivity contribution in [1.29, 1.82) is 0 Å². The summed E-state index contributed by atoms with van der Waals surface area (Å²) in [5.74, 6) is 0.994. The Balaban J connectivity index is 2.28. The monoisotopic (exact) mass is 249 g/mol. The Hall–Kier alpha value is -1.65. The fraction of sp³-hybridized carbons (Fsp3) is 0.615. The second-order valence-corrected chi connectivity index (χ2v) is 5.17. The number of rotatable bonds is 3. The van der Waals surface area contributed by atoms with Gasteiger partial charge in [0, 0.05) is 31.9 Å². The zero-order valence-electron chi connectivity index (χ0n) is 10.9. The molecule has 0 unspecified atom stereocenters. The number of carbonyl (C=O) groups is 1. The van der Waals surface area contributed by atoms with Crippen LogP contribution in [0.4, 0.5) is 5.82 Å². The molecule has 1 aliphatic heterocycles. The van der Waals surface area contributed by atoms with Crippen molar-refractivity contribution in [2.24, 2.45) is 5.92 Å². The van der Waals surface area contributed by atoms with E-state index >= 15 is 0 Å². The highest BCUT2D eigenvalue weighted by atomic mass is 16.1. The number of anilines is 1. The lowest BCUT2D eigenvalue weighted by Gasteiger charge is -2.26. The van der Waals surface area contributed by atoms with Crippen LogP contribution in [0.2, 0.25) is 0 Å². The predicted octanol–water partition coefficient (Wildman–Crippen LogP) is 1.07. The van der Waals surface area contributed by atoms with Crippen LogP contribution in [0.25, 0.3) is 0 Å². The zero-order valence-corrected chi connectivity index (χ0v) is 10.9. The summed E-state index contributed by atoms with van der Waals surface area (Å²) in [7, 11) is 0. The molecule has 0 spiro atoms. The Morgan fingerprint density at radius 3 is 2.83 bits per heavy atom. The summed E-state index contributed by atoms with van der Waals surface area (Å²) in [6.07, 6.45) is 4.76. The van der Waals surface area contributed by atoms with Crippen LogP contribution in [0.1, 0.15) is 26.7 Å². The minimum atomic E-state index is -0.0964. The van der Waals surface area contributed by atoms with Crippen molar-refractivity contribution in [1.82, 2.24) is 9.55 Å². The third-order valence-electron chi connectivity index (χ3n) is 3.01. The van der Waals surface area contributed by atoms with Gasteiger partial charge in [0.05, 0.1) is 6.54 Å². The lowest BCUT2D eigenvalue weighted by atomic mass is 10.1. The third-order valence-corrected chi connectivity index (χ3v) is 3.01. The van der Waals surface area contributed by atoms with Gasteiger partial charge >= 0.3 is 0 Å². The number of hydrogen-bond donors (Lipinski definition) is 0. The van der Waals surface area contributed by atoms with Gasteiger partial charge in [-0.05, 0) is 12.3 Å². The molecule has 0 N–H and O–H groups in total. The summed E-state index contributed by atoms with van der Waals surface area (Å²) in [6.45, 7) is 5.86. The number of piperidine rings is 1. The van der Waals surface area contributed by atoms with Gasteiger partial charge in [-0.15, -0.1) is 0 Å². The minimum Gasteiger partial charge on any atom is -0.345 e. The largest absolute Gasteiger partial charge is 0.345 e. The lowest BCUT2D eigenvalue weighted by molar-refractivity contribution is -0.118. The highest BCUT2D eigenvalue weighted by Crippen LogP contribution is 2.11. The number of nitrogens with zero attached hydrogens (tertiary/aromatic N) is 3. The van der Waals surface area contributed by atoms with E-state index in [0.29, 0.717) is 31.2 Å². The van der Waals surface area contributed by atoms with Crippen molar-refractivity contribution in [3.63, 3.8) is 0 Å². The molecule has 0 amide bonds. The number of carbonyl (C=O) groups excluding carboxylic acids is 1. The van der Waals surface area contributed by atoms with Crippen molar-refractivity contribution in [3.8, 4) is 0 Å². The topological polar surface area (TPSA) is 55.2 Å². The molecular weight excluding hydrogens is 230 g/mol. The van der Waals surface area contributed by atoms with E-state index in [1.54, 1.807) is 21.9 Å². The van der Waals surface area contributed by atoms with E-state index in [9.17, 15) is 9.59 Å². The van der Waals surface area contributed by atoms with Crippen LogP contribution in [-0.4, -0.2) is 28.4 Å². The molecule has 1 saturated heterocycles. The van der Waals surface area contributed by atoms with E-state index in [0.717, 1.165) is 13.0 Å². The average Bonchev–Trinajstić information content (AvgIpc) is 2.31. The molecule has 0 saturated carbocycles. The second kappa shape index (κ2) is 5.33. The summed E-state index contributed by atoms with van der Waals surface area (Å²) in [4.78, 5) is 29.6. The Morgan fingerprint density at radius 2 is 2.17 bits per heavy atom. The van der Waals surface area contributed by atoms with Crippen LogP contribution in [0, 0.1) is 5.92 Å². The molecule has 0 atom stereocenters. The first kappa shape index (κ1) is 12.8. The highest BCUT2D eigenvalue weighted by molar-refractivity contribution is 5.84. The first-order valence-corrected chi connectivity index (χ1v) is 6.40. The lowest BCUT2D eigenvalue weighted by Crippen LogP contribution is -2.40. The molecule has 18 heavy (non-hydrogen) atoms. The standard InChI is InChI=1S/C13H19N3O2/c1-10(2)8-16-7-5-14-12(13(16)18)15-6-3-4-11(17)9-15/h5,7,10H,3-4,6,8-9H2,1-2H3. The van der Waals surface area contributed by atoms with E-state index in [-0.39, 0.29) is 11.3 Å². The normalized spacial score (nSPS) is 16.4. The molecule has 0 radical (unpaired) electrons. The van der Waals surface area contributed by atoms with Crippen LogP contribution in [0.5, 0.6) is 0 Å². The zero-order chi connectivity index (χ0) is 13.1. The first-order valence-electron chi connectivity index (χ1n) is 6.40. The van der Waals surface area contributed by atoms with Crippen LogP contribution in [0.15, 0.2) is 17.2 Å². The average molecular weight is 249 g/mol. The molecule has 1 aromatic rings. The van der Waals surface area contributed by atoms with Crippen molar-refractivity contribution in [2.75, 3.05) is 18.0 Å². The third kappa shape index (κ3) is 2.78. The fourth-order valence-electron chi connectivity index (χ4n) is 2.21. The maximum absolute atomic E-state index is 12.3. The van der Waals surface area contributed by atoms with E-state index in [4.69, 9.17) is 0 Å². The molecule has 2 rings (SSSR count). The number of hydrogen-bond acceptors (Lipinski definition) is 4. The molecule has 5 heteroatoms. The summed E-state index contributed by atoms with van der Waals surface area (Å²) < 4.78 is 1.67. The van der Waals surface area contributed by atoms with Crippen molar-refractivity contribution < 1.29 is 4.79 Å². The Morgan fingerprint density at radius 1 is 1.39 bits per heavy atom. The van der Waals surface area contributed by atoms with Gasteiger partial charge in [-0.3, -0.25) is 9.59 Å². The van der Waals surface area contributed by atoms with Gasteiger partial charge in [0.25, 0.3) is 5.56 Å². The maximum Gasteiger partial charge on any atom is 0.293 e. The predicted molar refractivity (Wildman–Crippen MR) is 69.8 cm³/mol. The first-order chi connectivity index (χ1) is 8.58. The van der Waals surface area contributed by atoms with Crippen LogP contribution in [0.3, 0.4) is 0 Å².